The van der Waals surface area contributed by atoms with Crippen LogP contribution < -0.4 is 11.1 Å². The van der Waals surface area contributed by atoms with Gasteiger partial charge in [-0.1, -0.05) is 48.1 Å². The van der Waals surface area contributed by atoms with Crippen molar-refractivity contribution in [3.8, 4) is 0 Å². The Labute approximate surface area is 121 Å². The third kappa shape index (κ3) is 3.78. The summed E-state index contributed by atoms with van der Waals surface area (Å²) in [6, 6.07) is 5.30. The molecule has 1 amide bonds. The molecule has 0 radical (unpaired) electrons. The molecule has 0 spiro atoms. The van der Waals surface area contributed by atoms with Crippen LogP contribution in [0.5, 0.6) is 0 Å². The smallest absolute Gasteiger partial charge is 0.252 e. The molecule has 3 nitrogen and oxygen atoms in total. The minimum atomic E-state index is -0.286. The summed E-state index contributed by atoms with van der Waals surface area (Å²) < 4.78 is 0.870. The van der Waals surface area contributed by atoms with Gasteiger partial charge in [0.05, 0.1) is 11.0 Å². The molecule has 0 aliphatic heterocycles. The number of nitrogens with two attached hydrogens (primary N) is 1. The second kappa shape index (κ2) is 6.29. The van der Waals surface area contributed by atoms with E-state index in [9.17, 15) is 4.79 Å². The van der Waals surface area contributed by atoms with Crippen molar-refractivity contribution in [1.82, 2.24) is 5.32 Å². The second-order valence-electron chi connectivity index (χ2n) is 4.56. The van der Waals surface area contributed by atoms with Crippen LogP contribution in [0.1, 0.15) is 29.8 Å². The number of benzene rings is 1. The van der Waals surface area contributed by atoms with Crippen LogP contribution in [0.15, 0.2) is 22.7 Å². The number of halogens is 1. The minimum absolute atomic E-state index is 0.153. The molecule has 0 aliphatic rings. The van der Waals surface area contributed by atoms with Crippen LogP contribution in [0.3, 0.4) is 0 Å². The molecule has 0 aromatic heterocycles. The summed E-state index contributed by atoms with van der Waals surface area (Å²) >= 11 is 8.33. The lowest BCUT2D eigenvalue weighted by atomic mass is 10.0. The molecular weight excluding hydrogens is 312 g/mol. The third-order valence-corrected chi connectivity index (χ3v) is 3.45. The van der Waals surface area contributed by atoms with Gasteiger partial charge >= 0.3 is 0 Å². The summed E-state index contributed by atoms with van der Waals surface area (Å²) in [6.45, 7) is 5.84. The highest BCUT2D eigenvalue weighted by Crippen LogP contribution is 2.16. The predicted octanol–water partition coefficient (Wildman–Crippen LogP) is 2.80. The molecule has 0 heterocycles. The molecule has 0 saturated heterocycles. The number of hydrogen-bond donors (Lipinski definition) is 2. The van der Waals surface area contributed by atoms with Gasteiger partial charge in [0.1, 0.15) is 0 Å². The number of carbonyl (C=O) groups is 1. The summed E-state index contributed by atoms with van der Waals surface area (Å²) in [7, 11) is 0. The van der Waals surface area contributed by atoms with Gasteiger partial charge in [0, 0.05) is 10.0 Å². The third-order valence-electron chi connectivity index (χ3n) is 2.70. The van der Waals surface area contributed by atoms with Gasteiger partial charge in [-0.05, 0) is 30.5 Å². The molecule has 0 bridgehead atoms. The first-order valence-electron chi connectivity index (χ1n) is 5.69. The van der Waals surface area contributed by atoms with E-state index in [1.807, 2.05) is 32.9 Å². The van der Waals surface area contributed by atoms with Crippen molar-refractivity contribution < 1.29 is 4.79 Å². The summed E-state index contributed by atoms with van der Waals surface area (Å²) in [6.07, 6.45) is 0. The fraction of sp³-hybridized carbons (Fsp3) is 0.385. The largest absolute Gasteiger partial charge is 0.392 e. The fourth-order valence-corrected chi connectivity index (χ4v) is 2.32. The number of carbonyl (C=O) groups excluding carboxylic acids is 1. The van der Waals surface area contributed by atoms with E-state index < -0.39 is 0 Å². The second-order valence-corrected chi connectivity index (χ2v) is 5.94. The molecule has 1 atom stereocenters. The molecule has 1 aromatic carbocycles. The predicted molar refractivity (Wildman–Crippen MR) is 81.8 cm³/mol. The zero-order valence-corrected chi connectivity index (χ0v) is 13.1. The van der Waals surface area contributed by atoms with Gasteiger partial charge in [-0.15, -0.1) is 0 Å². The Morgan fingerprint density at radius 2 is 2.06 bits per heavy atom. The summed E-state index contributed by atoms with van der Waals surface area (Å²) in [5.74, 6) is 0.0132. The Bertz CT molecular complexity index is 474. The fourth-order valence-electron chi connectivity index (χ4n) is 1.62. The monoisotopic (exact) mass is 328 g/mol. The van der Waals surface area contributed by atoms with E-state index in [2.05, 4.69) is 21.2 Å². The summed E-state index contributed by atoms with van der Waals surface area (Å²) in [5, 5.41) is 2.87. The maximum absolute atomic E-state index is 12.2. The van der Waals surface area contributed by atoms with E-state index in [1.54, 1.807) is 6.07 Å². The van der Waals surface area contributed by atoms with E-state index in [-0.39, 0.29) is 17.9 Å². The van der Waals surface area contributed by atoms with Crippen molar-refractivity contribution in [3.05, 3.63) is 33.8 Å². The van der Waals surface area contributed by atoms with E-state index >= 15 is 0 Å². The SMILES string of the molecule is Cc1ccc(Br)cc1C(=O)NC(C(N)=S)C(C)C. The molecule has 0 saturated carbocycles. The Kier molecular flexibility index (Phi) is 5.28. The van der Waals surface area contributed by atoms with Crippen molar-refractivity contribution >= 4 is 39.0 Å². The van der Waals surface area contributed by atoms with Crippen LogP contribution in [0, 0.1) is 12.8 Å². The van der Waals surface area contributed by atoms with Crippen LogP contribution in [-0.2, 0) is 0 Å². The molecule has 0 fully saturated rings. The van der Waals surface area contributed by atoms with Crippen molar-refractivity contribution in [2.24, 2.45) is 11.7 Å². The average Bonchev–Trinajstić information content (AvgIpc) is 2.28. The van der Waals surface area contributed by atoms with E-state index in [4.69, 9.17) is 18.0 Å². The van der Waals surface area contributed by atoms with Crippen molar-refractivity contribution in [1.29, 1.82) is 0 Å². The quantitative estimate of drug-likeness (QED) is 0.835. The number of amides is 1. The molecule has 0 aliphatic carbocycles. The highest BCUT2D eigenvalue weighted by Gasteiger charge is 2.20. The zero-order chi connectivity index (χ0) is 13.9. The molecule has 98 valence electrons. The number of aryl methyl sites for hydroxylation is 1. The standard InChI is InChI=1S/C13H17BrN2OS/c1-7(2)11(12(15)18)16-13(17)10-6-9(14)5-4-8(10)3/h4-7,11H,1-3H3,(H2,15,18)(H,16,17). The Hall–Kier alpha value is -0.940. The normalized spacial score (nSPS) is 12.3. The Morgan fingerprint density at radius 3 is 2.56 bits per heavy atom. The lowest BCUT2D eigenvalue weighted by Gasteiger charge is -2.21. The molecule has 18 heavy (non-hydrogen) atoms. The minimum Gasteiger partial charge on any atom is -0.392 e. The van der Waals surface area contributed by atoms with Gasteiger partial charge in [-0.2, -0.15) is 0 Å². The summed E-state index contributed by atoms with van der Waals surface area (Å²) in [5.41, 5.74) is 7.19. The number of thiocarbonyl (C=S) groups is 1. The van der Waals surface area contributed by atoms with Crippen LogP contribution >= 0.6 is 28.1 Å². The highest BCUT2D eigenvalue weighted by molar-refractivity contribution is 9.10. The maximum Gasteiger partial charge on any atom is 0.252 e. The van der Waals surface area contributed by atoms with Crippen molar-refractivity contribution in [2.45, 2.75) is 26.8 Å². The first kappa shape index (κ1) is 15.1. The van der Waals surface area contributed by atoms with Gasteiger partial charge in [-0.25, -0.2) is 0 Å². The Balaban J connectivity index is 2.94. The lowest BCUT2D eigenvalue weighted by Crippen LogP contribution is -2.46. The number of hydrogen-bond acceptors (Lipinski definition) is 2. The van der Waals surface area contributed by atoms with Crippen LogP contribution in [0.25, 0.3) is 0 Å². The first-order valence-corrected chi connectivity index (χ1v) is 6.89. The van der Waals surface area contributed by atoms with Gasteiger partial charge in [-0.3, -0.25) is 4.79 Å². The highest BCUT2D eigenvalue weighted by atomic mass is 79.9. The number of rotatable bonds is 4. The topological polar surface area (TPSA) is 55.1 Å². The van der Waals surface area contributed by atoms with Crippen LogP contribution in [0.4, 0.5) is 0 Å². The maximum atomic E-state index is 12.2. The van der Waals surface area contributed by atoms with E-state index in [1.165, 1.54) is 0 Å². The molecule has 3 N–H and O–H groups in total. The van der Waals surface area contributed by atoms with E-state index in [0.717, 1.165) is 10.0 Å². The average molecular weight is 329 g/mol. The molecule has 1 unspecified atom stereocenters. The van der Waals surface area contributed by atoms with Crippen molar-refractivity contribution in [3.63, 3.8) is 0 Å². The van der Waals surface area contributed by atoms with Crippen LogP contribution in [0.2, 0.25) is 0 Å². The molecular formula is C13H17BrN2OS. The first-order chi connectivity index (χ1) is 8.32. The van der Waals surface area contributed by atoms with Gasteiger partial charge in [0.2, 0.25) is 0 Å². The zero-order valence-electron chi connectivity index (χ0n) is 10.7. The van der Waals surface area contributed by atoms with E-state index in [0.29, 0.717) is 10.6 Å². The number of nitrogens with one attached hydrogen (secondary N) is 1. The Morgan fingerprint density at radius 1 is 1.44 bits per heavy atom. The molecule has 1 aromatic rings. The molecule has 5 heteroatoms. The van der Waals surface area contributed by atoms with Crippen molar-refractivity contribution in [2.75, 3.05) is 0 Å². The van der Waals surface area contributed by atoms with Gasteiger partial charge in [0.15, 0.2) is 0 Å². The molecule has 1 rings (SSSR count). The van der Waals surface area contributed by atoms with Gasteiger partial charge < -0.3 is 11.1 Å². The summed E-state index contributed by atoms with van der Waals surface area (Å²) in [4.78, 5) is 12.5. The van der Waals surface area contributed by atoms with Gasteiger partial charge in [0.25, 0.3) is 5.91 Å². The van der Waals surface area contributed by atoms with Crippen LogP contribution in [-0.4, -0.2) is 16.9 Å². The lowest BCUT2D eigenvalue weighted by molar-refractivity contribution is 0.0939.